The van der Waals surface area contributed by atoms with Crippen molar-refractivity contribution in [2.45, 2.75) is 20.8 Å². The van der Waals surface area contributed by atoms with Gasteiger partial charge in [-0.3, -0.25) is 9.59 Å². The molecule has 2 rings (SSSR count). The predicted octanol–water partition coefficient (Wildman–Crippen LogP) is 1.85. The first-order valence-corrected chi connectivity index (χ1v) is 7.04. The normalized spacial score (nSPS) is 22.4. The molecule has 1 aromatic carbocycles. The van der Waals surface area contributed by atoms with E-state index in [1.165, 1.54) is 0 Å². The number of benzene rings is 1. The molecule has 1 fully saturated rings. The number of amides is 1. The van der Waals surface area contributed by atoms with E-state index in [0.29, 0.717) is 13.2 Å². The van der Waals surface area contributed by atoms with Gasteiger partial charge in [0.15, 0.2) is 0 Å². The van der Waals surface area contributed by atoms with E-state index in [9.17, 15) is 9.59 Å². The zero-order valence-corrected chi connectivity index (χ0v) is 12.6. The van der Waals surface area contributed by atoms with Crippen LogP contribution in [0.25, 0.3) is 0 Å². The Bertz CT molecular complexity index is 553. The number of ether oxygens (including phenoxy) is 1. The van der Waals surface area contributed by atoms with Crippen LogP contribution in [0.3, 0.4) is 0 Å². The number of carboxylic acids is 1. The van der Waals surface area contributed by atoms with Crippen molar-refractivity contribution in [3.05, 3.63) is 29.8 Å². The van der Waals surface area contributed by atoms with Gasteiger partial charge in [0.2, 0.25) is 5.91 Å². The monoisotopic (exact) mass is 291 g/mol. The fourth-order valence-electron chi connectivity index (χ4n) is 2.75. The standard InChI is InChI=1S/C16H21NO4/c1-10-6-4-5-7-11(10)21-9-8-17-14(18)12-13(15(19)20)16(12,2)3/h4-7,12-13H,8-9H2,1-3H3,(H,17,18)(H,19,20)/t12-,13+/m0/s1. The molecular formula is C16H21NO4. The lowest BCUT2D eigenvalue weighted by Gasteiger charge is -2.10. The predicted molar refractivity (Wildman–Crippen MR) is 78.1 cm³/mol. The summed E-state index contributed by atoms with van der Waals surface area (Å²) < 4.78 is 5.58. The molecule has 0 heterocycles. The zero-order chi connectivity index (χ0) is 15.6. The van der Waals surface area contributed by atoms with Gasteiger partial charge >= 0.3 is 5.97 Å². The molecular weight excluding hydrogens is 270 g/mol. The first-order chi connectivity index (χ1) is 9.85. The van der Waals surface area contributed by atoms with Crippen molar-refractivity contribution >= 4 is 11.9 Å². The molecule has 2 N–H and O–H groups in total. The molecule has 1 aliphatic rings. The maximum atomic E-state index is 12.0. The summed E-state index contributed by atoms with van der Waals surface area (Å²) in [5, 5.41) is 11.8. The molecule has 5 heteroatoms. The minimum Gasteiger partial charge on any atom is -0.491 e. The maximum Gasteiger partial charge on any atom is 0.307 e. The molecule has 0 spiro atoms. The SMILES string of the molecule is Cc1ccccc1OCCNC(=O)[C@@H]1[C@H](C(=O)O)C1(C)C. The van der Waals surface area contributed by atoms with Gasteiger partial charge < -0.3 is 15.2 Å². The number of para-hydroxylation sites is 1. The summed E-state index contributed by atoms with van der Waals surface area (Å²) in [6.45, 7) is 6.30. The van der Waals surface area contributed by atoms with Crippen LogP contribution < -0.4 is 10.1 Å². The third-order valence-electron chi connectivity index (χ3n) is 4.13. The highest BCUT2D eigenvalue weighted by atomic mass is 16.5. The van der Waals surface area contributed by atoms with Gasteiger partial charge in [0.05, 0.1) is 18.4 Å². The molecule has 0 saturated heterocycles. The van der Waals surface area contributed by atoms with E-state index in [4.69, 9.17) is 9.84 Å². The molecule has 0 aromatic heterocycles. The summed E-state index contributed by atoms with van der Waals surface area (Å²) in [6, 6.07) is 7.66. The number of carboxylic acid groups (broad SMARTS) is 1. The molecule has 0 bridgehead atoms. The van der Waals surface area contributed by atoms with E-state index < -0.39 is 23.2 Å². The van der Waals surface area contributed by atoms with Crippen molar-refractivity contribution in [2.75, 3.05) is 13.2 Å². The van der Waals surface area contributed by atoms with Gasteiger partial charge in [-0.25, -0.2) is 0 Å². The summed E-state index contributed by atoms with van der Waals surface area (Å²) in [6.07, 6.45) is 0. The van der Waals surface area contributed by atoms with Crippen LogP contribution in [0, 0.1) is 24.2 Å². The summed E-state index contributed by atoms with van der Waals surface area (Å²) in [5.74, 6) is -1.36. The van der Waals surface area contributed by atoms with Gasteiger partial charge in [0.25, 0.3) is 0 Å². The van der Waals surface area contributed by atoms with E-state index in [1.807, 2.05) is 31.2 Å². The summed E-state index contributed by atoms with van der Waals surface area (Å²) in [7, 11) is 0. The lowest BCUT2D eigenvalue weighted by molar-refractivity contribution is -0.140. The average molecular weight is 291 g/mol. The Morgan fingerprint density at radius 3 is 2.52 bits per heavy atom. The molecule has 114 valence electrons. The van der Waals surface area contributed by atoms with Crippen LogP contribution in [0.15, 0.2) is 24.3 Å². The molecule has 5 nitrogen and oxygen atoms in total. The van der Waals surface area contributed by atoms with E-state index >= 15 is 0 Å². The number of rotatable bonds is 6. The minimum atomic E-state index is -0.906. The highest BCUT2D eigenvalue weighted by Crippen LogP contribution is 2.58. The van der Waals surface area contributed by atoms with Crippen LogP contribution in [0.2, 0.25) is 0 Å². The van der Waals surface area contributed by atoms with E-state index in [1.54, 1.807) is 13.8 Å². The summed E-state index contributed by atoms with van der Waals surface area (Å²) in [5.41, 5.74) is 0.574. The maximum absolute atomic E-state index is 12.0. The van der Waals surface area contributed by atoms with Crippen LogP contribution in [0.4, 0.5) is 0 Å². The summed E-state index contributed by atoms with van der Waals surface area (Å²) in [4.78, 5) is 23.0. The number of nitrogens with one attached hydrogen (secondary N) is 1. The Labute approximate surface area is 124 Å². The van der Waals surface area contributed by atoms with E-state index in [0.717, 1.165) is 11.3 Å². The molecule has 0 radical (unpaired) electrons. The summed E-state index contributed by atoms with van der Waals surface area (Å²) >= 11 is 0. The van der Waals surface area contributed by atoms with Crippen molar-refractivity contribution in [1.82, 2.24) is 5.32 Å². The first-order valence-electron chi connectivity index (χ1n) is 7.04. The minimum absolute atomic E-state index is 0.208. The number of aryl methyl sites for hydroxylation is 1. The molecule has 2 atom stereocenters. The van der Waals surface area contributed by atoms with Gasteiger partial charge in [-0.1, -0.05) is 32.0 Å². The lowest BCUT2D eigenvalue weighted by Crippen LogP contribution is -2.31. The molecule has 21 heavy (non-hydrogen) atoms. The van der Waals surface area contributed by atoms with E-state index in [-0.39, 0.29) is 5.91 Å². The van der Waals surface area contributed by atoms with Gasteiger partial charge in [-0.05, 0) is 24.0 Å². The second-order valence-electron chi connectivity index (χ2n) is 6.02. The third kappa shape index (κ3) is 3.17. The van der Waals surface area contributed by atoms with Crippen LogP contribution >= 0.6 is 0 Å². The lowest BCUT2D eigenvalue weighted by atomic mass is 10.1. The van der Waals surface area contributed by atoms with Crippen LogP contribution in [0.1, 0.15) is 19.4 Å². The second kappa shape index (κ2) is 5.76. The van der Waals surface area contributed by atoms with Gasteiger partial charge in [0, 0.05) is 0 Å². The average Bonchev–Trinajstić information content (AvgIpc) is 2.99. The number of hydrogen-bond acceptors (Lipinski definition) is 3. The molecule has 0 aliphatic heterocycles. The van der Waals surface area contributed by atoms with Crippen LogP contribution in [0.5, 0.6) is 5.75 Å². The number of hydrogen-bond donors (Lipinski definition) is 2. The topological polar surface area (TPSA) is 75.6 Å². The fraction of sp³-hybridized carbons (Fsp3) is 0.500. The highest BCUT2D eigenvalue weighted by molar-refractivity contribution is 5.91. The highest BCUT2D eigenvalue weighted by Gasteiger charge is 2.65. The molecule has 0 unspecified atom stereocenters. The van der Waals surface area contributed by atoms with Gasteiger partial charge in [-0.15, -0.1) is 0 Å². The van der Waals surface area contributed by atoms with Crippen LogP contribution in [-0.2, 0) is 9.59 Å². The molecule has 1 amide bonds. The van der Waals surface area contributed by atoms with Crippen LogP contribution in [-0.4, -0.2) is 30.1 Å². The van der Waals surface area contributed by atoms with Crippen molar-refractivity contribution < 1.29 is 19.4 Å². The quantitative estimate of drug-likeness (QED) is 0.784. The Balaban J connectivity index is 1.76. The first kappa shape index (κ1) is 15.4. The Kier molecular flexibility index (Phi) is 4.21. The Morgan fingerprint density at radius 1 is 1.29 bits per heavy atom. The van der Waals surface area contributed by atoms with Crippen molar-refractivity contribution in [3.8, 4) is 5.75 Å². The number of carbonyl (C=O) groups is 2. The van der Waals surface area contributed by atoms with E-state index in [2.05, 4.69) is 5.32 Å². The number of aliphatic carboxylic acids is 1. The van der Waals surface area contributed by atoms with Gasteiger partial charge in [-0.2, -0.15) is 0 Å². The van der Waals surface area contributed by atoms with Gasteiger partial charge in [0.1, 0.15) is 12.4 Å². The smallest absolute Gasteiger partial charge is 0.307 e. The molecule has 1 aliphatic carbocycles. The largest absolute Gasteiger partial charge is 0.491 e. The van der Waals surface area contributed by atoms with Crippen molar-refractivity contribution in [2.24, 2.45) is 17.3 Å². The second-order valence-corrected chi connectivity index (χ2v) is 6.02. The Hall–Kier alpha value is -2.04. The molecule has 1 aromatic rings. The Morgan fingerprint density at radius 2 is 1.95 bits per heavy atom. The van der Waals surface area contributed by atoms with Crippen molar-refractivity contribution in [3.63, 3.8) is 0 Å². The third-order valence-corrected chi connectivity index (χ3v) is 4.13. The van der Waals surface area contributed by atoms with Crippen molar-refractivity contribution in [1.29, 1.82) is 0 Å². The molecule has 1 saturated carbocycles. The number of carbonyl (C=O) groups excluding carboxylic acids is 1. The zero-order valence-electron chi connectivity index (χ0n) is 12.6. The fourth-order valence-corrected chi connectivity index (χ4v) is 2.75.